The van der Waals surface area contributed by atoms with Gasteiger partial charge in [-0.2, -0.15) is 4.31 Å². The van der Waals surface area contributed by atoms with E-state index in [1.165, 1.54) is 36.1 Å². The number of esters is 1. The third-order valence-corrected chi connectivity index (χ3v) is 6.74. The van der Waals surface area contributed by atoms with E-state index in [1.54, 1.807) is 19.2 Å². The van der Waals surface area contributed by atoms with E-state index in [2.05, 4.69) is 10.1 Å². The van der Waals surface area contributed by atoms with Crippen molar-refractivity contribution in [3.05, 3.63) is 53.6 Å². The number of sulfonamides is 1. The molecule has 0 saturated carbocycles. The highest BCUT2D eigenvalue weighted by atomic mass is 32.2. The summed E-state index contributed by atoms with van der Waals surface area (Å²) in [6, 6.07) is 6.09. The Morgan fingerprint density at radius 3 is 2.62 bits per heavy atom. The molecule has 1 aliphatic heterocycles. The lowest BCUT2D eigenvalue weighted by Gasteiger charge is -2.23. The second-order valence-electron chi connectivity index (χ2n) is 6.78. The van der Waals surface area contributed by atoms with Gasteiger partial charge in [0.15, 0.2) is 0 Å². The number of halogens is 1. The molecule has 156 valence electrons. The number of methoxy groups -OCH3 is 1. The minimum absolute atomic E-state index is 0.0707. The van der Waals surface area contributed by atoms with Crippen LogP contribution in [0.5, 0.6) is 0 Å². The molecule has 0 spiro atoms. The van der Waals surface area contributed by atoms with E-state index >= 15 is 0 Å². The van der Waals surface area contributed by atoms with E-state index in [1.807, 2.05) is 0 Å². The van der Waals surface area contributed by atoms with Crippen LogP contribution in [0.3, 0.4) is 0 Å². The van der Waals surface area contributed by atoms with Crippen molar-refractivity contribution >= 4 is 21.9 Å². The van der Waals surface area contributed by atoms with Gasteiger partial charge >= 0.3 is 5.97 Å². The molecule has 0 radical (unpaired) electrons. The highest BCUT2D eigenvalue weighted by molar-refractivity contribution is 7.89. The number of ether oxygens (including phenoxy) is 1. The zero-order chi connectivity index (χ0) is 21.2. The summed E-state index contributed by atoms with van der Waals surface area (Å²) in [6.45, 7) is 0.376. The van der Waals surface area contributed by atoms with E-state index in [-0.39, 0.29) is 29.5 Å². The summed E-state index contributed by atoms with van der Waals surface area (Å²) in [4.78, 5) is 24.3. The van der Waals surface area contributed by atoms with Gasteiger partial charge in [0.25, 0.3) is 0 Å². The van der Waals surface area contributed by atoms with Crippen molar-refractivity contribution < 1.29 is 27.1 Å². The maximum atomic E-state index is 13.1. The molecule has 29 heavy (non-hydrogen) atoms. The smallest absolute Gasteiger partial charge is 0.354 e. The van der Waals surface area contributed by atoms with Crippen molar-refractivity contribution in [2.45, 2.75) is 30.3 Å². The normalized spacial score (nSPS) is 17.3. The van der Waals surface area contributed by atoms with Crippen LogP contribution in [0, 0.1) is 5.82 Å². The minimum Gasteiger partial charge on any atom is -0.464 e. The van der Waals surface area contributed by atoms with Gasteiger partial charge in [0.1, 0.15) is 22.4 Å². The topological polar surface area (TPSA) is 97.7 Å². The van der Waals surface area contributed by atoms with E-state index in [0.717, 1.165) is 4.31 Å². The molecule has 0 unspecified atom stereocenters. The van der Waals surface area contributed by atoms with Crippen molar-refractivity contribution in [1.82, 2.24) is 14.2 Å². The number of aromatic nitrogens is 1. The van der Waals surface area contributed by atoms with Crippen molar-refractivity contribution in [1.29, 1.82) is 0 Å². The van der Waals surface area contributed by atoms with E-state index in [9.17, 15) is 22.4 Å². The molecule has 1 aromatic carbocycles. The second kappa shape index (κ2) is 8.34. The van der Waals surface area contributed by atoms with Gasteiger partial charge in [-0.15, -0.1) is 0 Å². The summed E-state index contributed by atoms with van der Waals surface area (Å²) in [7, 11) is -1.21. The van der Waals surface area contributed by atoms with Crippen LogP contribution in [0.4, 0.5) is 4.39 Å². The summed E-state index contributed by atoms with van der Waals surface area (Å²) in [6.07, 6.45) is 2.27. The fraction of sp³-hybridized carbons (Fsp3) is 0.368. The summed E-state index contributed by atoms with van der Waals surface area (Å²) in [5.74, 6) is -1.44. The number of rotatable bonds is 6. The molecular weight excluding hydrogens is 401 g/mol. The van der Waals surface area contributed by atoms with Crippen molar-refractivity contribution in [3.8, 4) is 0 Å². The molecule has 1 saturated heterocycles. The first-order chi connectivity index (χ1) is 13.7. The highest BCUT2D eigenvalue weighted by Gasteiger charge is 2.40. The first kappa shape index (κ1) is 21.0. The number of nitrogens with zero attached hydrogens (tertiary/aromatic N) is 2. The maximum absolute atomic E-state index is 13.1. The van der Waals surface area contributed by atoms with Gasteiger partial charge in [-0.1, -0.05) is 12.1 Å². The van der Waals surface area contributed by atoms with Gasteiger partial charge in [-0.3, -0.25) is 4.79 Å². The fourth-order valence-electron chi connectivity index (χ4n) is 3.32. The largest absolute Gasteiger partial charge is 0.464 e. The number of hydrogen-bond donors (Lipinski definition) is 1. The summed E-state index contributed by atoms with van der Waals surface area (Å²) < 4.78 is 46.3. The Labute approximate surface area is 168 Å². The van der Waals surface area contributed by atoms with Crippen LogP contribution < -0.4 is 5.32 Å². The zero-order valence-electron chi connectivity index (χ0n) is 16.1. The molecule has 10 heteroatoms. The van der Waals surface area contributed by atoms with Crippen LogP contribution in [0.2, 0.25) is 0 Å². The Bertz CT molecular complexity index is 1020. The van der Waals surface area contributed by atoms with Crippen LogP contribution in [0.25, 0.3) is 0 Å². The molecule has 2 heterocycles. The van der Waals surface area contributed by atoms with Crippen molar-refractivity contribution in [2.24, 2.45) is 7.05 Å². The number of nitrogens with one attached hydrogen (secondary N) is 1. The summed E-state index contributed by atoms with van der Waals surface area (Å²) in [5.41, 5.74) is 0.806. The number of hydrogen-bond acceptors (Lipinski definition) is 5. The minimum atomic E-state index is -3.97. The lowest BCUT2D eigenvalue weighted by atomic mass is 10.2. The molecule has 0 aliphatic carbocycles. The molecule has 1 fully saturated rings. The number of carbonyl (C=O) groups is 2. The van der Waals surface area contributed by atoms with Crippen LogP contribution in [0.1, 0.15) is 28.9 Å². The molecule has 1 amide bonds. The molecule has 0 bridgehead atoms. The SMILES string of the molecule is COC(=O)c1cc(S(=O)(=O)N2CCC[C@H]2C(=O)NCc2ccc(F)cc2)cn1C. The van der Waals surface area contributed by atoms with E-state index in [4.69, 9.17) is 0 Å². The molecule has 2 aromatic rings. The van der Waals surface area contributed by atoms with Crippen LogP contribution in [-0.4, -0.2) is 48.9 Å². The predicted molar refractivity (Wildman–Crippen MR) is 102 cm³/mol. The Balaban J connectivity index is 1.76. The van der Waals surface area contributed by atoms with E-state index in [0.29, 0.717) is 18.4 Å². The Morgan fingerprint density at radius 1 is 1.28 bits per heavy atom. The van der Waals surface area contributed by atoms with Gasteiger partial charge in [-0.25, -0.2) is 17.6 Å². The molecular formula is C19H22FN3O5S. The molecule has 1 N–H and O–H groups in total. The van der Waals surface area contributed by atoms with Gasteiger partial charge < -0.3 is 14.6 Å². The first-order valence-electron chi connectivity index (χ1n) is 9.02. The van der Waals surface area contributed by atoms with Gasteiger partial charge in [0.2, 0.25) is 15.9 Å². The Morgan fingerprint density at radius 2 is 1.97 bits per heavy atom. The van der Waals surface area contributed by atoms with Crippen LogP contribution >= 0.6 is 0 Å². The Hall–Kier alpha value is -2.72. The average Bonchev–Trinajstić information content (AvgIpc) is 3.34. The number of benzene rings is 1. The second-order valence-corrected chi connectivity index (χ2v) is 8.67. The monoisotopic (exact) mass is 423 g/mol. The molecule has 1 aromatic heterocycles. The first-order valence-corrected chi connectivity index (χ1v) is 10.5. The quantitative estimate of drug-likeness (QED) is 0.709. The lowest BCUT2D eigenvalue weighted by molar-refractivity contribution is -0.124. The standard InChI is InChI=1S/C19H22FN3O5S/c1-22-12-15(10-17(22)19(25)28-2)29(26,27)23-9-3-4-16(23)18(24)21-11-13-5-7-14(20)8-6-13/h5-8,10,12,16H,3-4,9,11H2,1-2H3,(H,21,24)/t16-/m0/s1. The van der Waals surface area contributed by atoms with E-state index < -0.39 is 27.9 Å². The number of carbonyl (C=O) groups excluding carboxylic acids is 2. The molecule has 8 nitrogen and oxygen atoms in total. The summed E-state index contributed by atoms with van der Waals surface area (Å²) >= 11 is 0. The summed E-state index contributed by atoms with van der Waals surface area (Å²) in [5, 5.41) is 2.71. The molecule has 1 aliphatic rings. The van der Waals surface area contributed by atoms with Gasteiger partial charge in [0.05, 0.1) is 7.11 Å². The van der Waals surface area contributed by atoms with Gasteiger partial charge in [0, 0.05) is 26.3 Å². The van der Waals surface area contributed by atoms with Crippen molar-refractivity contribution in [3.63, 3.8) is 0 Å². The van der Waals surface area contributed by atoms with Crippen LogP contribution in [0.15, 0.2) is 41.4 Å². The van der Waals surface area contributed by atoms with Crippen LogP contribution in [-0.2, 0) is 33.1 Å². The molecule has 1 atom stereocenters. The number of aryl methyl sites for hydroxylation is 1. The number of amides is 1. The third-order valence-electron chi connectivity index (χ3n) is 4.87. The van der Waals surface area contributed by atoms with Gasteiger partial charge in [-0.05, 0) is 36.6 Å². The van der Waals surface area contributed by atoms with Crippen molar-refractivity contribution in [2.75, 3.05) is 13.7 Å². The predicted octanol–water partition coefficient (Wildman–Crippen LogP) is 1.42. The lowest BCUT2D eigenvalue weighted by Crippen LogP contribution is -2.45. The zero-order valence-corrected chi connectivity index (χ0v) is 16.9. The highest BCUT2D eigenvalue weighted by Crippen LogP contribution is 2.27. The fourth-order valence-corrected chi connectivity index (χ4v) is 5.05. The average molecular weight is 423 g/mol. The Kier molecular flexibility index (Phi) is 6.04. The third kappa shape index (κ3) is 4.33. The molecule has 3 rings (SSSR count). The maximum Gasteiger partial charge on any atom is 0.354 e.